The Morgan fingerprint density at radius 3 is 2.43 bits per heavy atom. The molecule has 1 amide bonds. The van der Waals surface area contributed by atoms with Crippen LogP contribution in [-0.4, -0.2) is 25.6 Å². The van der Waals surface area contributed by atoms with E-state index in [9.17, 15) is 9.59 Å². The molecule has 30 heavy (non-hydrogen) atoms. The van der Waals surface area contributed by atoms with Crippen LogP contribution in [0.15, 0.2) is 47.8 Å². The van der Waals surface area contributed by atoms with E-state index in [-0.39, 0.29) is 12.5 Å². The van der Waals surface area contributed by atoms with Gasteiger partial charge in [0.25, 0.3) is 5.91 Å². The van der Waals surface area contributed by atoms with Gasteiger partial charge >= 0.3 is 5.97 Å². The summed E-state index contributed by atoms with van der Waals surface area (Å²) < 4.78 is 10.6. The molecule has 0 bridgehead atoms. The normalized spacial score (nSPS) is 10.5. The highest BCUT2D eigenvalue weighted by Crippen LogP contribution is 2.38. The largest absolute Gasteiger partial charge is 0.484 e. The van der Waals surface area contributed by atoms with Gasteiger partial charge < -0.3 is 14.8 Å². The van der Waals surface area contributed by atoms with Gasteiger partial charge in [0.1, 0.15) is 16.3 Å². The fourth-order valence-electron chi connectivity index (χ4n) is 3.11. The van der Waals surface area contributed by atoms with Gasteiger partial charge in [0.2, 0.25) is 0 Å². The molecule has 1 heterocycles. The van der Waals surface area contributed by atoms with Crippen LogP contribution >= 0.6 is 11.3 Å². The van der Waals surface area contributed by atoms with Crippen molar-refractivity contribution in [3.63, 3.8) is 0 Å². The minimum absolute atomic E-state index is 0.150. The molecule has 156 valence electrons. The van der Waals surface area contributed by atoms with Crippen molar-refractivity contribution in [2.24, 2.45) is 0 Å². The molecule has 0 saturated heterocycles. The number of methoxy groups -OCH3 is 1. The first-order valence-electron chi connectivity index (χ1n) is 9.72. The second-order valence-corrected chi connectivity index (χ2v) is 7.88. The average molecular weight is 424 g/mol. The molecule has 0 atom stereocenters. The van der Waals surface area contributed by atoms with Gasteiger partial charge in [0.15, 0.2) is 6.61 Å². The molecule has 3 aromatic rings. The smallest absolute Gasteiger partial charge is 0.341 e. The topological polar surface area (TPSA) is 64.6 Å². The number of aryl methyl sites for hydroxylation is 3. The molecule has 0 aliphatic heterocycles. The van der Waals surface area contributed by atoms with Crippen LogP contribution in [0, 0.1) is 13.8 Å². The highest BCUT2D eigenvalue weighted by atomic mass is 32.1. The van der Waals surface area contributed by atoms with Crippen LogP contribution in [-0.2, 0) is 16.0 Å². The SMILES string of the molecule is CCc1ccc(OCC(=O)Nc2scc(-c3cc(C)ccc3C)c2C(=O)OC)cc1. The van der Waals surface area contributed by atoms with Crippen LogP contribution in [0.4, 0.5) is 5.00 Å². The van der Waals surface area contributed by atoms with E-state index < -0.39 is 5.97 Å². The number of ether oxygens (including phenoxy) is 2. The van der Waals surface area contributed by atoms with E-state index in [2.05, 4.69) is 12.2 Å². The van der Waals surface area contributed by atoms with E-state index >= 15 is 0 Å². The Hall–Kier alpha value is -3.12. The van der Waals surface area contributed by atoms with Gasteiger partial charge in [-0.3, -0.25) is 4.79 Å². The van der Waals surface area contributed by atoms with Gasteiger partial charge in [0, 0.05) is 10.9 Å². The standard InChI is InChI=1S/C24H25NO4S/c1-5-17-8-10-18(11-9-17)29-13-21(26)25-23-22(24(27)28-4)20(14-30-23)19-12-15(2)6-7-16(19)3/h6-12,14H,5,13H2,1-4H3,(H,25,26). The molecular formula is C24H25NO4S. The lowest BCUT2D eigenvalue weighted by Gasteiger charge is -2.11. The zero-order chi connectivity index (χ0) is 21.7. The van der Waals surface area contributed by atoms with Crippen molar-refractivity contribution < 1.29 is 19.1 Å². The summed E-state index contributed by atoms with van der Waals surface area (Å²) in [7, 11) is 1.33. The third-order valence-electron chi connectivity index (χ3n) is 4.82. The van der Waals surface area contributed by atoms with Crippen molar-refractivity contribution >= 4 is 28.2 Å². The van der Waals surface area contributed by atoms with Gasteiger partial charge in [-0.2, -0.15) is 0 Å². The number of anilines is 1. The van der Waals surface area contributed by atoms with Crippen LogP contribution in [0.5, 0.6) is 5.75 Å². The Kier molecular flexibility index (Phi) is 6.90. The first-order valence-corrected chi connectivity index (χ1v) is 10.6. The highest BCUT2D eigenvalue weighted by molar-refractivity contribution is 7.15. The molecule has 6 heteroatoms. The van der Waals surface area contributed by atoms with Crippen molar-refractivity contribution in [2.45, 2.75) is 27.2 Å². The Morgan fingerprint density at radius 1 is 1.03 bits per heavy atom. The average Bonchev–Trinajstić information content (AvgIpc) is 3.16. The third kappa shape index (κ3) is 4.89. The molecule has 5 nitrogen and oxygen atoms in total. The van der Waals surface area contributed by atoms with Crippen LogP contribution < -0.4 is 10.1 Å². The second kappa shape index (κ2) is 9.59. The van der Waals surface area contributed by atoms with Gasteiger partial charge in [-0.15, -0.1) is 11.3 Å². The minimum Gasteiger partial charge on any atom is -0.484 e. The number of carbonyl (C=O) groups excluding carboxylic acids is 2. The second-order valence-electron chi connectivity index (χ2n) is 7.00. The number of nitrogens with one attached hydrogen (secondary N) is 1. The molecule has 0 unspecified atom stereocenters. The fourth-order valence-corrected chi connectivity index (χ4v) is 4.08. The van der Waals surface area contributed by atoms with Crippen LogP contribution in [0.1, 0.15) is 34.0 Å². The zero-order valence-electron chi connectivity index (χ0n) is 17.6. The van der Waals surface area contributed by atoms with Crippen molar-refractivity contribution in [1.29, 1.82) is 0 Å². The molecule has 0 radical (unpaired) electrons. The van der Waals surface area contributed by atoms with E-state index in [1.54, 1.807) is 0 Å². The summed E-state index contributed by atoms with van der Waals surface area (Å²) in [6.45, 7) is 5.92. The summed E-state index contributed by atoms with van der Waals surface area (Å²) in [6, 6.07) is 13.7. The molecule has 0 fully saturated rings. The number of hydrogen-bond acceptors (Lipinski definition) is 5. The Bertz CT molecular complexity index is 1050. The lowest BCUT2D eigenvalue weighted by atomic mass is 9.97. The first-order chi connectivity index (χ1) is 14.4. The van der Waals surface area contributed by atoms with Gasteiger partial charge in [-0.05, 0) is 49.1 Å². The lowest BCUT2D eigenvalue weighted by molar-refractivity contribution is -0.118. The summed E-state index contributed by atoms with van der Waals surface area (Å²) in [5.74, 6) is -0.203. The van der Waals surface area contributed by atoms with Crippen molar-refractivity contribution in [1.82, 2.24) is 0 Å². The molecule has 1 aromatic heterocycles. The number of benzene rings is 2. The highest BCUT2D eigenvalue weighted by Gasteiger charge is 2.23. The van der Waals surface area contributed by atoms with Crippen LogP contribution in [0.25, 0.3) is 11.1 Å². The number of thiophene rings is 1. The first kappa shape index (κ1) is 21.6. The number of esters is 1. The minimum atomic E-state index is -0.487. The summed E-state index contributed by atoms with van der Waals surface area (Å²) in [6.07, 6.45) is 0.943. The molecule has 2 aromatic carbocycles. The Morgan fingerprint density at radius 2 is 1.77 bits per heavy atom. The van der Waals surface area contributed by atoms with Crippen molar-refractivity contribution in [3.05, 3.63) is 70.1 Å². The van der Waals surface area contributed by atoms with E-state index in [0.717, 1.165) is 28.7 Å². The van der Waals surface area contributed by atoms with Crippen molar-refractivity contribution in [2.75, 3.05) is 19.0 Å². The molecule has 0 aliphatic carbocycles. The summed E-state index contributed by atoms with van der Waals surface area (Å²) in [4.78, 5) is 25.0. The maximum Gasteiger partial charge on any atom is 0.341 e. The molecular weight excluding hydrogens is 398 g/mol. The number of carbonyl (C=O) groups is 2. The molecule has 0 aliphatic rings. The van der Waals surface area contributed by atoms with Gasteiger partial charge in [-0.25, -0.2) is 4.79 Å². The third-order valence-corrected chi connectivity index (χ3v) is 5.71. The fraction of sp³-hybridized carbons (Fsp3) is 0.250. The monoisotopic (exact) mass is 423 g/mol. The van der Waals surface area contributed by atoms with Crippen LogP contribution in [0.3, 0.4) is 0 Å². The molecule has 0 spiro atoms. The van der Waals surface area contributed by atoms with E-state index in [1.165, 1.54) is 24.0 Å². The molecule has 0 saturated carbocycles. The van der Waals surface area contributed by atoms with Crippen molar-refractivity contribution in [3.8, 4) is 16.9 Å². The number of hydrogen-bond donors (Lipinski definition) is 1. The summed E-state index contributed by atoms with van der Waals surface area (Å²) >= 11 is 1.30. The summed E-state index contributed by atoms with van der Waals surface area (Å²) in [5.41, 5.74) is 5.38. The van der Waals surface area contributed by atoms with Gasteiger partial charge in [-0.1, -0.05) is 42.8 Å². The van der Waals surface area contributed by atoms with Gasteiger partial charge in [0.05, 0.1) is 7.11 Å². The van der Waals surface area contributed by atoms with Crippen LogP contribution in [0.2, 0.25) is 0 Å². The Labute approximate surface area is 180 Å². The number of rotatable bonds is 7. The molecule has 1 N–H and O–H groups in total. The molecule has 3 rings (SSSR count). The predicted molar refractivity (Wildman–Crippen MR) is 121 cm³/mol. The number of amides is 1. The maximum atomic E-state index is 12.5. The summed E-state index contributed by atoms with van der Waals surface area (Å²) in [5, 5.41) is 5.12. The zero-order valence-corrected chi connectivity index (χ0v) is 18.4. The quantitative estimate of drug-likeness (QED) is 0.517. The maximum absolute atomic E-state index is 12.5. The lowest BCUT2D eigenvalue weighted by Crippen LogP contribution is -2.21. The van der Waals surface area contributed by atoms with E-state index in [0.29, 0.717) is 16.3 Å². The van der Waals surface area contributed by atoms with E-state index in [4.69, 9.17) is 9.47 Å². The van der Waals surface area contributed by atoms with E-state index in [1.807, 2.05) is 61.7 Å². The Balaban J connectivity index is 1.79. The predicted octanol–water partition coefficient (Wildman–Crippen LogP) is 5.40.